The molecule has 1 aromatic carbocycles. The summed E-state index contributed by atoms with van der Waals surface area (Å²) in [4.78, 5) is 10.7. The molecule has 1 aromatic rings. The number of fused-ring (bicyclic) bond motifs is 2. The highest BCUT2D eigenvalue weighted by Gasteiger charge is 2.56. The average Bonchev–Trinajstić information content (AvgIpc) is 2.71. The lowest BCUT2D eigenvalue weighted by atomic mass is 9.44. The number of carboxylic acids is 1. The number of hydrogen-bond donors (Lipinski definition) is 4. The molecule has 6 heteroatoms. The third-order valence-corrected chi connectivity index (χ3v) is 8.42. The van der Waals surface area contributed by atoms with Gasteiger partial charge in [-0.15, -0.1) is 0 Å². The van der Waals surface area contributed by atoms with E-state index < -0.39 is 12.1 Å². The lowest BCUT2D eigenvalue weighted by molar-refractivity contribution is -0.137. The van der Waals surface area contributed by atoms with Crippen LogP contribution in [0.3, 0.4) is 0 Å². The summed E-state index contributed by atoms with van der Waals surface area (Å²) in [6.07, 6.45) is 9.70. The van der Waals surface area contributed by atoms with E-state index in [2.05, 4.69) is 53.9 Å². The maximum absolute atomic E-state index is 10.7. The van der Waals surface area contributed by atoms with Crippen molar-refractivity contribution in [2.24, 2.45) is 23.2 Å². The van der Waals surface area contributed by atoms with Gasteiger partial charge in [-0.2, -0.15) is 0 Å². The van der Waals surface area contributed by atoms with Gasteiger partial charge in [0.2, 0.25) is 0 Å². The minimum absolute atomic E-state index is 0.229. The Kier molecular flexibility index (Phi) is 8.44. The van der Waals surface area contributed by atoms with E-state index >= 15 is 0 Å². The minimum Gasteiger partial charge on any atom is -0.507 e. The Morgan fingerprint density at radius 1 is 1.32 bits per heavy atom. The average molecular weight is 541 g/mol. The first-order valence-electron chi connectivity index (χ1n) is 11.4. The van der Waals surface area contributed by atoms with Crippen LogP contribution in [0, 0.1) is 26.7 Å². The Morgan fingerprint density at radius 3 is 2.77 bits per heavy atom. The predicted octanol–water partition coefficient (Wildman–Crippen LogP) is 4.74. The van der Waals surface area contributed by atoms with E-state index in [4.69, 9.17) is 5.11 Å². The second-order valence-corrected chi connectivity index (χ2v) is 11.1. The molecule has 4 rings (SSSR count). The zero-order valence-corrected chi connectivity index (χ0v) is 20.7. The van der Waals surface area contributed by atoms with Crippen LogP contribution in [0.4, 0.5) is 0 Å². The van der Waals surface area contributed by atoms with Crippen molar-refractivity contribution < 1.29 is 20.1 Å². The molecule has 3 aliphatic carbocycles. The minimum atomic E-state index is -0.729. The van der Waals surface area contributed by atoms with Crippen LogP contribution >= 0.6 is 22.6 Å². The van der Waals surface area contributed by atoms with Gasteiger partial charge in [0.15, 0.2) is 0 Å². The topological polar surface area (TPSA) is 89.8 Å². The van der Waals surface area contributed by atoms with Gasteiger partial charge in [0.05, 0.1) is 9.67 Å². The number of unbranched alkanes of at least 4 members (excludes halogenated alkanes) is 1. The number of aliphatic hydroxyl groups excluding tert-OH is 1. The molecule has 3 saturated carbocycles. The Balaban J connectivity index is 1.52. The molecule has 0 aliphatic heterocycles. The molecule has 2 bridgehead atoms. The Labute approximate surface area is 199 Å². The van der Waals surface area contributed by atoms with Crippen LogP contribution in [0.2, 0.25) is 0 Å². The van der Waals surface area contributed by atoms with Crippen molar-refractivity contribution >= 4 is 28.6 Å². The van der Waals surface area contributed by atoms with Crippen LogP contribution in [0.15, 0.2) is 30.4 Å². The van der Waals surface area contributed by atoms with Gasteiger partial charge in [-0.1, -0.05) is 32.1 Å². The monoisotopic (exact) mass is 541 g/mol. The summed E-state index contributed by atoms with van der Waals surface area (Å²) in [5, 5.41) is 32.7. The van der Waals surface area contributed by atoms with Gasteiger partial charge < -0.3 is 20.6 Å². The van der Waals surface area contributed by atoms with Gasteiger partial charge in [0.1, 0.15) is 5.75 Å². The molecule has 31 heavy (non-hydrogen) atoms. The molecule has 3 aliphatic rings. The number of nitrogens with one attached hydrogen (secondary N) is 1. The van der Waals surface area contributed by atoms with Crippen molar-refractivity contribution in [2.45, 2.75) is 70.9 Å². The molecular formula is C25H36INO4. The van der Waals surface area contributed by atoms with E-state index in [-0.39, 0.29) is 12.2 Å². The fourth-order valence-electron chi connectivity index (χ4n) is 5.56. The zero-order chi connectivity index (χ0) is 22.6. The summed E-state index contributed by atoms with van der Waals surface area (Å²) in [5.41, 5.74) is 1.42. The highest BCUT2D eigenvalue weighted by molar-refractivity contribution is 14.1. The fourth-order valence-corrected chi connectivity index (χ4v) is 6.14. The van der Waals surface area contributed by atoms with E-state index in [1.54, 1.807) is 6.07 Å². The zero-order valence-electron chi connectivity index (χ0n) is 18.6. The molecule has 0 spiro atoms. The van der Waals surface area contributed by atoms with Crippen molar-refractivity contribution in [3.63, 3.8) is 0 Å². The predicted molar refractivity (Wildman–Crippen MR) is 131 cm³/mol. The highest BCUT2D eigenvalue weighted by atomic mass is 127. The summed E-state index contributed by atoms with van der Waals surface area (Å²) < 4.78 is 0.806. The molecule has 3 fully saturated rings. The molecule has 5 nitrogen and oxygen atoms in total. The lowest BCUT2D eigenvalue weighted by Crippen LogP contribution is -2.61. The summed E-state index contributed by atoms with van der Waals surface area (Å²) in [6, 6.07) is 5.90. The van der Waals surface area contributed by atoms with E-state index in [0.29, 0.717) is 42.7 Å². The number of carboxylic acid groups (broad SMARTS) is 1. The van der Waals surface area contributed by atoms with Crippen molar-refractivity contribution in [3.05, 3.63) is 39.5 Å². The number of aromatic hydroxyl groups is 1. The normalized spacial score (nSPS) is 27.7. The van der Waals surface area contributed by atoms with Crippen LogP contribution in [0.25, 0.3) is 0 Å². The number of rotatable bonds is 11. The molecule has 0 amide bonds. The maximum Gasteiger partial charge on any atom is 0.303 e. The second kappa shape index (κ2) is 10.7. The maximum atomic E-state index is 10.7. The largest absolute Gasteiger partial charge is 0.507 e. The van der Waals surface area contributed by atoms with Crippen LogP contribution in [0.5, 0.6) is 5.75 Å². The fraction of sp³-hybridized carbons (Fsp3) is 0.640. The molecule has 0 saturated heterocycles. The van der Waals surface area contributed by atoms with Gasteiger partial charge >= 0.3 is 5.97 Å². The Hall–Kier alpha value is -1.12. The first-order valence-corrected chi connectivity index (χ1v) is 12.5. The summed E-state index contributed by atoms with van der Waals surface area (Å²) >= 11 is 2.11. The molecular weight excluding hydrogens is 505 g/mol. The first-order chi connectivity index (χ1) is 14.7. The van der Waals surface area contributed by atoms with Gasteiger partial charge in [-0.3, -0.25) is 4.79 Å². The van der Waals surface area contributed by atoms with Crippen molar-refractivity contribution in [3.8, 4) is 5.75 Å². The Bertz CT molecular complexity index is 794. The van der Waals surface area contributed by atoms with Crippen molar-refractivity contribution in [2.75, 3.05) is 6.54 Å². The van der Waals surface area contributed by atoms with E-state index in [1.165, 1.54) is 6.42 Å². The summed E-state index contributed by atoms with van der Waals surface area (Å²) in [5.74, 6) is 1.55. The quantitative estimate of drug-likeness (QED) is 0.185. The number of aliphatic carboxylic acids is 1. The number of benzene rings is 1. The third kappa shape index (κ3) is 6.23. The standard InChI is InChI=1S/C25H36INO4/c1-25(2)17-13-20(25)19(7-5-3-4-6-8-24(30)31)22(14-17)27-15-18(28)11-16-9-10-23(29)21(26)12-16/h3,5,9-10,12,17-20,22,27-29H,4,6-8,11,13-15H2,1-2H3,(H,30,31)/b5-3+. The SMILES string of the molecule is CC1(C)C2CC(NCC(O)Cc3ccc(O)c(I)c3)C(C/C=C/CCCC(=O)O)C1C2. The van der Waals surface area contributed by atoms with Crippen LogP contribution in [-0.2, 0) is 11.2 Å². The lowest BCUT2D eigenvalue weighted by Gasteiger charge is -2.63. The number of halogens is 1. The molecule has 0 radical (unpaired) electrons. The molecule has 5 atom stereocenters. The molecule has 172 valence electrons. The first kappa shape index (κ1) is 24.5. The van der Waals surface area contributed by atoms with Gasteiger partial charge in [0, 0.05) is 19.0 Å². The number of carbonyl (C=O) groups is 1. The van der Waals surface area contributed by atoms with Gasteiger partial charge in [-0.25, -0.2) is 0 Å². The van der Waals surface area contributed by atoms with Gasteiger partial charge in [0.25, 0.3) is 0 Å². The molecule has 0 heterocycles. The number of aliphatic hydroxyl groups is 1. The van der Waals surface area contributed by atoms with Crippen LogP contribution in [-0.4, -0.2) is 40.0 Å². The number of allylic oxidation sites excluding steroid dienone is 2. The summed E-state index contributed by atoms with van der Waals surface area (Å²) in [6.45, 7) is 5.36. The van der Waals surface area contributed by atoms with Gasteiger partial charge in [-0.05, 0) is 102 Å². The Morgan fingerprint density at radius 2 is 2.10 bits per heavy atom. The number of hydrogen-bond acceptors (Lipinski definition) is 4. The highest BCUT2D eigenvalue weighted by Crippen LogP contribution is 2.62. The summed E-state index contributed by atoms with van der Waals surface area (Å²) in [7, 11) is 0. The molecule has 5 unspecified atom stereocenters. The van der Waals surface area contributed by atoms with Crippen LogP contribution < -0.4 is 5.32 Å². The van der Waals surface area contributed by atoms with E-state index in [0.717, 1.165) is 34.3 Å². The number of phenolic OH excluding ortho intramolecular Hbond substituents is 1. The number of phenols is 1. The van der Waals surface area contributed by atoms with E-state index in [1.807, 2.05) is 12.1 Å². The molecule has 0 aromatic heterocycles. The smallest absolute Gasteiger partial charge is 0.303 e. The third-order valence-electron chi connectivity index (χ3n) is 7.55. The van der Waals surface area contributed by atoms with Crippen LogP contribution in [0.1, 0.15) is 57.9 Å². The van der Waals surface area contributed by atoms with Crippen molar-refractivity contribution in [1.82, 2.24) is 5.32 Å². The molecule has 4 N–H and O–H groups in total. The van der Waals surface area contributed by atoms with E-state index in [9.17, 15) is 15.0 Å². The second-order valence-electron chi connectivity index (χ2n) is 9.91. The van der Waals surface area contributed by atoms with Crippen molar-refractivity contribution in [1.29, 1.82) is 0 Å².